The zero-order valence-electron chi connectivity index (χ0n) is 9.72. The molecule has 1 aromatic rings. The van der Waals surface area contributed by atoms with Gasteiger partial charge in [0.1, 0.15) is 12.4 Å². The number of aliphatic hydroxyl groups is 1. The van der Waals surface area contributed by atoms with Crippen LogP contribution >= 0.6 is 11.6 Å². The first kappa shape index (κ1) is 11.7. The van der Waals surface area contributed by atoms with Crippen molar-refractivity contribution in [3.8, 4) is 5.75 Å². The van der Waals surface area contributed by atoms with Crippen LogP contribution in [0.2, 0.25) is 5.02 Å². The third-order valence-electron chi connectivity index (χ3n) is 3.06. The van der Waals surface area contributed by atoms with Crippen LogP contribution in [0.3, 0.4) is 0 Å². The van der Waals surface area contributed by atoms with Crippen molar-refractivity contribution in [2.45, 2.75) is 39.2 Å². The van der Waals surface area contributed by atoms with Crippen LogP contribution in [0.15, 0.2) is 6.07 Å². The maximum absolute atomic E-state index is 9.23. The van der Waals surface area contributed by atoms with E-state index in [2.05, 4.69) is 6.92 Å². The van der Waals surface area contributed by atoms with Crippen molar-refractivity contribution in [1.82, 2.24) is 0 Å². The van der Waals surface area contributed by atoms with E-state index in [1.54, 1.807) is 6.92 Å². The summed E-state index contributed by atoms with van der Waals surface area (Å²) in [4.78, 5) is 0. The molecule has 1 N–H and O–H groups in total. The molecule has 0 saturated carbocycles. The van der Waals surface area contributed by atoms with Crippen molar-refractivity contribution in [3.63, 3.8) is 0 Å². The van der Waals surface area contributed by atoms with Gasteiger partial charge in [-0.05, 0) is 55.9 Å². The lowest BCUT2D eigenvalue weighted by Gasteiger charge is -2.15. The van der Waals surface area contributed by atoms with Gasteiger partial charge in [0.05, 0.1) is 6.10 Å². The Balaban J connectivity index is 2.32. The highest BCUT2D eigenvalue weighted by Crippen LogP contribution is 2.37. The molecular formula is C13H17ClO2. The summed E-state index contributed by atoms with van der Waals surface area (Å²) < 4.78 is 5.61. The van der Waals surface area contributed by atoms with Crippen LogP contribution < -0.4 is 4.74 Å². The molecule has 2 nitrogen and oxygen atoms in total. The lowest BCUT2D eigenvalue weighted by atomic mass is 10.0. The molecule has 0 spiro atoms. The SMILES string of the molecule is Cc1c(Cl)cc(OCC(C)O)c2c1CCC2. The molecule has 0 saturated heterocycles. The monoisotopic (exact) mass is 240 g/mol. The molecule has 0 aliphatic heterocycles. The Hall–Kier alpha value is -0.730. The van der Waals surface area contributed by atoms with Crippen LogP contribution in [0.5, 0.6) is 5.75 Å². The van der Waals surface area contributed by atoms with Crippen LogP contribution in [0.1, 0.15) is 30.0 Å². The van der Waals surface area contributed by atoms with Crippen LogP contribution in [0, 0.1) is 6.92 Å². The lowest BCUT2D eigenvalue weighted by molar-refractivity contribution is 0.122. The number of rotatable bonds is 3. The highest BCUT2D eigenvalue weighted by Gasteiger charge is 2.20. The van der Waals surface area contributed by atoms with Crippen molar-refractivity contribution in [1.29, 1.82) is 0 Å². The van der Waals surface area contributed by atoms with Crippen LogP contribution in [0.25, 0.3) is 0 Å². The molecule has 3 heteroatoms. The molecule has 1 unspecified atom stereocenters. The van der Waals surface area contributed by atoms with Gasteiger partial charge in [-0.3, -0.25) is 0 Å². The predicted octanol–water partition coefficient (Wildman–Crippen LogP) is 2.90. The lowest BCUT2D eigenvalue weighted by Crippen LogP contribution is -2.13. The van der Waals surface area contributed by atoms with Gasteiger partial charge in [0.2, 0.25) is 0 Å². The third-order valence-corrected chi connectivity index (χ3v) is 3.46. The highest BCUT2D eigenvalue weighted by molar-refractivity contribution is 6.31. The summed E-state index contributed by atoms with van der Waals surface area (Å²) in [5.41, 5.74) is 3.80. The first-order valence-electron chi connectivity index (χ1n) is 5.71. The second kappa shape index (κ2) is 4.64. The smallest absolute Gasteiger partial charge is 0.124 e. The normalized spacial score (nSPS) is 16.0. The molecule has 88 valence electrons. The van der Waals surface area contributed by atoms with Crippen molar-refractivity contribution in [2.24, 2.45) is 0 Å². The average Bonchev–Trinajstić information content (AvgIpc) is 2.70. The van der Waals surface area contributed by atoms with Crippen molar-refractivity contribution >= 4 is 11.6 Å². The fraction of sp³-hybridized carbons (Fsp3) is 0.538. The Morgan fingerprint density at radius 2 is 2.12 bits per heavy atom. The van der Waals surface area contributed by atoms with E-state index in [4.69, 9.17) is 16.3 Å². The molecule has 0 heterocycles. The fourth-order valence-corrected chi connectivity index (χ4v) is 2.44. The Kier molecular flexibility index (Phi) is 3.41. The summed E-state index contributed by atoms with van der Waals surface area (Å²) in [7, 11) is 0. The molecule has 0 amide bonds. The van der Waals surface area contributed by atoms with Gasteiger partial charge >= 0.3 is 0 Å². The minimum absolute atomic E-state index is 0.325. The molecule has 1 atom stereocenters. The summed E-state index contributed by atoms with van der Waals surface area (Å²) >= 11 is 6.17. The number of hydrogen-bond acceptors (Lipinski definition) is 2. The van der Waals surface area contributed by atoms with Crippen LogP contribution in [0.4, 0.5) is 0 Å². The van der Waals surface area contributed by atoms with Gasteiger partial charge in [0.15, 0.2) is 0 Å². The number of aliphatic hydroxyl groups excluding tert-OH is 1. The zero-order chi connectivity index (χ0) is 11.7. The highest BCUT2D eigenvalue weighted by atomic mass is 35.5. The van der Waals surface area contributed by atoms with Gasteiger partial charge < -0.3 is 9.84 Å². The average molecular weight is 241 g/mol. The van der Waals surface area contributed by atoms with E-state index in [0.717, 1.165) is 23.6 Å². The van der Waals surface area contributed by atoms with E-state index in [0.29, 0.717) is 6.61 Å². The molecule has 1 aliphatic carbocycles. The maximum Gasteiger partial charge on any atom is 0.124 e. The second-order valence-corrected chi connectivity index (χ2v) is 4.86. The van der Waals surface area contributed by atoms with E-state index in [9.17, 15) is 5.11 Å². The van der Waals surface area contributed by atoms with Gasteiger partial charge in [0.25, 0.3) is 0 Å². The fourth-order valence-electron chi connectivity index (χ4n) is 2.22. The Morgan fingerprint density at radius 3 is 2.81 bits per heavy atom. The first-order chi connectivity index (χ1) is 7.59. The van der Waals surface area contributed by atoms with Gasteiger partial charge in [-0.15, -0.1) is 0 Å². The summed E-state index contributed by atoms with van der Waals surface area (Å²) in [6.07, 6.45) is 2.87. The number of ether oxygens (including phenoxy) is 1. The summed E-state index contributed by atoms with van der Waals surface area (Å²) in [6, 6.07) is 1.88. The van der Waals surface area contributed by atoms with Crippen molar-refractivity contribution in [2.75, 3.05) is 6.61 Å². The largest absolute Gasteiger partial charge is 0.491 e. The summed E-state index contributed by atoms with van der Waals surface area (Å²) in [6.45, 7) is 4.10. The van der Waals surface area contributed by atoms with E-state index in [1.165, 1.54) is 23.1 Å². The minimum Gasteiger partial charge on any atom is -0.491 e. The first-order valence-corrected chi connectivity index (χ1v) is 6.09. The quantitative estimate of drug-likeness (QED) is 0.881. The Bertz CT molecular complexity index is 399. The van der Waals surface area contributed by atoms with Crippen molar-refractivity contribution in [3.05, 3.63) is 27.8 Å². The van der Waals surface area contributed by atoms with Crippen LogP contribution in [-0.4, -0.2) is 17.8 Å². The third kappa shape index (κ3) is 2.18. The molecular weight excluding hydrogens is 224 g/mol. The Labute approximate surface area is 101 Å². The maximum atomic E-state index is 9.23. The molecule has 0 radical (unpaired) electrons. The Morgan fingerprint density at radius 1 is 1.44 bits per heavy atom. The van der Waals surface area contributed by atoms with Gasteiger partial charge in [-0.1, -0.05) is 11.6 Å². The molecule has 0 aromatic heterocycles. The number of fused-ring (bicyclic) bond motifs is 1. The number of benzene rings is 1. The number of halogens is 1. The van der Waals surface area contributed by atoms with Crippen LogP contribution in [-0.2, 0) is 12.8 Å². The molecule has 2 rings (SSSR count). The zero-order valence-corrected chi connectivity index (χ0v) is 10.5. The van der Waals surface area contributed by atoms with Gasteiger partial charge in [-0.25, -0.2) is 0 Å². The van der Waals surface area contributed by atoms with E-state index in [1.807, 2.05) is 6.07 Å². The predicted molar refractivity (Wildman–Crippen MR) is 65.4 cm³/mol. The molecule has 1 aromatic carbocycles. The van der Waals surface area contributed by atoms with E-state index < -0.39 is 6.10 Å². The molecule has 1 aliphatic rings. The van der Waals surface area contributed by atoms with Crippen molar-refractivity contribution < 1.29 is 9.84 Å². The minimum atomic E-state index is -0.447. The molecule has 0 bridgehead atoms. The molecule has 0 fully saturated rings. The number of hydrogen-bond donors (Lipinski definition) is 1. The van der Waals surface area contributed by atoms with Gasteiger partial charge in [0, 0.05) is 5.02 Å². The summed E-state index contributed by atoms with van der Waals surface area (Å²) in [5, 5.41) is 9.99. The molecule has 16 heavy (non-hydrogen) atoms. The topological polar surface area (TPSA) is 29.5 Å². The van der Waals surface area contributed by atoms with E-state index >= 15 is 0 Å². The standard InChI is InChI=1S/C13H17ClO2/c1-8(15)7-16-13-6-12(14)9(2)10-4-3-5-11(10)13/h6,8,15H,3-5,7H2,1-2H3. The summed E-state index contributed by atoms with van der Waals surface area (Å²) in [5.74, 6) is 0.851. The second-order valence-electron chi connectivity index (χ2n) is 4.45. The van der Waals surface area contributed by atoms with Gasteiger partial charge in [-0.2, -0.15) is 0 Å². The van der Waals surface area contributed by atoms with E-state index in [-0.39, 0.29) is 0 Å².